The van der Waals surface area contributed by atoms with Crippen LogP contribution in [-0.4, -0.2) is 60.4 Å². The van der Waals surface area contributed by atoms with Crippen molar-refractivity contribution in [3.05, 3.63) is 29.8 Å². The van der Waals surface area contributed by atoms with Gasteiger partial charge in [-0.2, -0.15) is 0 Å². The van der Waals surface area contributed by atoms with E-state index in [2.05, 4.69) is 0 Å². The normalized spacial score (nSPS) is 12.3. The Kier molecular flexibility index (Phi) is 7.23. The lowest BCUT2D eigenvalue weighted by molar-refractivity contribution is 0.0197. The number of hydrogen-bond donors (Lipinski definition) is 1. The minimum atomic E-state index is -0.633. The molecule has 0 saturated heterocycles. The Morgan fingerprint density at radius 2 is 1.72 bits per heavy atom. The number of rotatable bonds is 5. The number of aliphatic hydroxyl groups is 1. The van der Waals surface area contributed by atoms with Crippen LogP contribution in [0.15, 0.2) is 24.3 Å². The Hall–Kier alpha value is -2.28. The van der Waals surface area contributed by atoms with Gasteiger partial charge in [0.1, 0.15) is 11.4 Å². The van der Waals surface area contributed by atoms with Gasteiger partial charge < -0.3 is 24.4 Å². The number of para-hydroxylation sites is 1. The molecule has 25 heavy (non-hydrogen) atoms. The monoisotopic (exact) mass is 352 g/mol. The van der Waals surface area contributed by atoms with Gasteiger partial charge in [-0.05, 0) is 33.3 Å². The molecule has 7 nitrogen and oxygen atoms in total. The molecule has 1 aromatic rings. The molecule has 0 heterocycles. The molecule has 0 aromatic heterocycles. The average Bonchev–Trinajstić information content (AvgIpc) is 2.51. The number of hydrogen-bond acceptors (Lipinski definition) is 5. The Labute approximate surface area is 149 Å². The highest BCUT2D eigenvalue weighted by molar-refractivity contribution is 5.71. The first-order valence-corrected chi connectivity index (χ1v) is 8.11. The second kappa shape index (κ2) is 8.71. The molecule has 2 amide bonds. The largest absolute Gasteiger partial charge is 0.444 e. The fraction of sp³-hybridized carbons (Fsp3) is 0.556. The van der Waals surface area contributed by atoms with Gasteiger partial charge in [0.15, 0.2) is 0 Å². The number of nitrogens with zero attached hydrogens (tertiary/aromatic N) is 2. The summed E-state index contributed by atoms with van der Waals surface area (Å²) >= 11 is 0. The molecular weight excluding hydrogens is 324 g/mol. The first-order chi connectivity index (χ1) is 11.6. The zero-order valence-electron chi connectivity index (χ0n) is 15.8. The van der Waals surface area contributed by atoms with E-state index in [1.165, 1.54) is 9.80 Å². The van der Waals surface area contributed by atoms with Crippen LogP contribution in [0.25, 0.3) is 0 Å². The van der Waals surface area contributed by atoms with E-state index in [4.69, 9.17) is 9.47 Å². The Morgan fingerprint density at radius 3 is 2.24 bits per heavy atom. The minimum Gasteiger partial charge on any atom is -0.444 e. The first kappa shape index (κ1) is 20.8. The van der Waals surface area contributed by atoms with Crippen LogP contribution in [0.4, 0.5) is 9.59 Å². The fourth-order valence-corrected chi connectivity index (χ4v) is 2.18. The fourth-order valence-electron chi connectivity index (χ4n) is 2.18. The lowest BCUT2D eigenvalue weighted by atomic mass is 10.0. The molecule has 0 bridgehead atoms. The van der Waals surface area contributed by atoms with Crippen molar-refractivity contribution >= 4 is 12.2 Å². The number of benzene rings is 1. The SMILES string of the molecule is CN(C)C(=O)Oc1ccccc1C(CCO)N(C)C(=O)OC(C)(C)C. The van der Waals surface area contributed by atoms with Crippen LogP contribution in [0.1, 0.15) is 38.8 Å². The summed E-state index contributed by atoms with van der Waals surface area (Å²) in [6, 6.07) is 6.45. The molecule has 140 valence electrons. The molecule has 1 atom stereocenters. The van der Waals surface area contributed by atoms with Crippen molar-refractivity contribution < 1.29 is 24.2 Å². The van der Waals surface area contributed by atoms with Crippen LogP contribution in [-0.2, 0) is 4.74 Å². The third-order valence-electron chi connectivity index (χ3n) is 3.39. The van der Waals surface area contributed by atoms with Crippen LogP contribution in [0, 0.1) is 0 Å². The molecule has 1 N–H and O–H groups in total. The van der Waals surface area contributed by atoms with E-state index in [0.717, 1.165) is 0 Å². The standard InChI is InChI=1S/C18H28N2O5/c1-18(2,3)25-17(23)20(6)14(11-12-21)13-9-7-8-10-15(13)24-16(22)19(4)5/h7-10,14,21H,11-12H2,1-6H3. The number of ether oxygens (including phenoxy) is 2. The van der Waals surface area contributed by atoms with Gasteiger partial charge in [-0.25, -0.2) is 9.59 Å². The molecular formula is C18H28N2O5. The predicted octanol–water partition coefficient (Wildman–Crippen LogP) is 3.04. The summed E-state index contributed by atoms with van der Waals surface area (Å²) in [6.45, 7) is 5.22. The van der Waals surface area contributed by atoms with Gasteiger partial charge >= 0.3 is 12.2 Å². The van der Waals surface area contributed by atoms with Crippen molar-refractivity contribution in [1.29, 1.82) is 0 Å². The smallest absolute Gasteiger partial charge is 0.414 e. The van der Waals surface area contributed by atoms with Gasteiger partial charge in [-0.3, -0.25) is 0 Å². The van der Waals surface area contributed by atoms with Crippen molar-refractivity contribution in [2.75, 3.05) is 27.7 Å². The van der Waals surface area contributed by atoms with Crippen molar-refractivity contribution in [2.24, 2.45) is 0 Å². The zero-order valence-corrected chi connectivity index (χ0v) is 15.8. The molecule has 7 heteroatoms. The van der Waals surface area contributed by atoms with Gasteiger partial charge in [-0.1, -0.05) is 18.2 Å². The zero-order chi connectivity index (χ0) is 19.2. The van der Waals surface area contributed by atoms with Crippen molar-refractivity contribution in [1.82, 2.24) is 9.80 Å². The average molecular weight is 352 g/mol. The van der Waals surface area contributed by atoms with E-state index in [1.807, 2.05) is 0 Å². The molecule has 0 saturated carbocycles. The van der Waals surface area contributed by atoms with Crippen molar-refractivity contribution in [2.45, 2.75) is 38.8 Å². The van der Waals surface area contributed by atoms with Gasteiger partial charge in [0, 0.05) is 33.3 Å². The summed E-state index contributed by atoms with van der Waals surface area (Å²) in [7, 11) is 4.77. The molecule has 1 unspecified atom stereocenters. The van der Waals surface area contributed by atoms with Gasteiger partial charge in [-0.15, -0.1) is 0 Å². The van der Waals surface area contributed by atoms with Crippen LogP contribution in [0.3, 0.4) is 0 Å². The second-order valence-corrected chi connectivity index (χ2v) is 6.92. The predicted molar refractivity (Wildman–Crippen MR) is 94.6 cm³/mol. The Balaban J connectivity index is 3.14. The highest BCUT2D eigenvalue weighted by Gasteiger charge is 2.28. The van der Waals surface area contributed by atoms with Gasteiger partial charge in [0.25, 0.3) is 0 Å². The lowest BCUT2D eigenvalue weighted by Gasteiger charge is -2.31. The van der Waals surface area contributed by atoms with Crippen LogP contribution < -0.4 is 4.74 Å². The van der Waals surface area contributed by atoms with E-state index in [0.29, 0.717) is 11.3 Å². The maximum atomic E-state index is 12.4. The van der Waals surface area contributed by atoms with Crippen molar-refractivity contribution in [3.63, 3.8) is 0 Å². The van der Waals surface area contributed by atoms with Crippen LogP contribution >= 0.6 is 0 Å². The Bertz CT molecular complexity index is 595. The number of carbonyl (C=O) groups excluding carboxylic acids is 2. The molecule has 0 fully saturated rings. The van der Waals surface area contributed by atoms with Crippen LogP contribution in [0.5, 0.6) is 5.75 Å². The quantitative estimate of drug-likeness (QED) is 0.881. The molecule has 0 aliphatic heterocycles. The summed E-state index contributed by atoms with van der Waals surface area (Å²) in [5.74, 6) is 0.343. The summed E-state index contributed by atoms with van der Waals surface area (Å²) in [6.07, 6.45) is -0.749. The highest BCUT2D eigenvalue weighted by atomic mass is 16.6. The number of amides is 2. The summed E-state index contributed by atoms with van der Waals surface area (Å²) in [4.78, 5) is 27.0. The highest BCUT2D eigenvalue weighted by Crippen LogP contribution is 2.32. The maximum Gasteiger partial charge on any atom is 0.414 e. The summed E-state index contributed by atoms with van der Waals surface area (Å²) in [5, 5.41) is 9.43. The minimum absolute atomic E-state index is 0.131. The number of aliphatic hydroxyl groups excluding tert-OH is 1. The third-order valence-corrected chi connectivity index (χ3v) is 3.39. The second-order valence-electron chi connectivity index (χ2n) is 6.92. The number of carbonyl (C=O) groups is 2. The molecule has 0 aliphatic rings. The van der Waals surface area contributed by atoms with Crippen LogP contribution in [0.2, 0.25) is 0 Å². The molecule has 1 aromatic carbocycles. The third kappa shape index (κ3) is 6.26. The van der Waals surface area contributed by atoms with E-state index >= 15 is 0 Å². The topological polar surface area (TPSA) is 79.3 Å². The molecule has 0 spiro atoms. The van der Waals surface area contributed by atoms with E-state index in [1.54, 1.807) is 66.2 Å². The molecule has 0 aliphatic carbocycles. The van der Waals surface area contributed by atoms with E-state index in [-0.39, 0.29) is 13.0 Å². The Morgan fingerprint density at radius 1 is 1.12 bits per heavy atom. The van der Waals surface area contributed by atoms with Gasteiger partial charge in [0.05, 0.1) is 6.04 Å². The first-order valence-electron chi connectivity index (χ1n) is 8.11. The van der Waals surface area contributed by atoms with E-state index in [9.17, 15) is 14.7 Å². The molecule has 1 rings (SSSR count). The summed E-state index contributed by atoms with van der Waals surface area (Å²) in [5.41, 5.74) is -0.00782. The van der Waals surface area contributed by atoms with Crippen molar-refractivity contribution in [3.8, 4) is 5.75 Å². The summed E-state index contributed by atoms with van der Waals surface area (Å²) < 4.78 is 10.8. The maximum absolute atomic E-state index is 12.4. The lowest BCUT2D eigenvalue weighted by Crippen LogP contribution is -2.37. The molecule has 0 radical (unpaired) electrons. The van der Waals surface area contributed by atoms with Gasteiger partial charge in [0.2, 0.25) is 0 Å². The van der Waals surface area contributed by atoms with E-state index < -0.39 is 23.8 Å².